The Morgan fingerprint density at radius 3 is 2.50 bits per heavy atom. The number of anilines is 1. The number of nitrogens with zero attached hydrogens (tertiary/aromatic N) is 2. The minimum atomic E-state index is -0.0325. The molecule has 28 heavy (non-hydrogen) atoms. The van der Waals surface area contributed by atoms with E-state index in [4.69, 9.17) is 9.47 Å². The largest absolute Gasteiger partial charge is 0.497 e. The molecule has 150 valence electrons. The van der Waals surface area contributed by atoms with E-state index in [1.165, 1.54) is 16.8 Å². The van der Waals surface area contributed by atoms with Crippen LogP contribution in [0, 0.1) is 13.8 Å². The molecule has 1 saturated heterocycles. The van der Waals surface area contributed by atoms with Crippen molar-refractivity contribution in [2.24, 2.45) is 0 Å². The van der Waals surface area contributed by atoms with Crippen molar-refractivity contribution in [3.8, 4) is 11.5 Å². The summed E-state index contributed by atoms with van der Waals surface area (Å²) in [7, 11) is 1.62. The fourth-order valence-corrected chi connectivity index (χ4v) is 3.36. The number of carbonyl (C=O) groups is 1. The van der Waals surface area contributed by atoms with Gasteiger partial charge in [-0.2, -0.15) is 0 Å². The summed E-state index contributed by atoms with van der Waals surface area (Å²) in [5.74, 6) is 1.49. The molecular formula is C22H29N3O3. The number of rotatable bonds is 6. The standard InChI is InChI=1S/C22H29N3O3/c1-17-6-4-9-21(18(17)2)24-11-13-25(14-12-24)22(26)23-10-15-28-20-8-5-7-19(16-20)27-3/h4-9,16H,10-15H2,1-3H3,(H,23,26). The van der Waals surface area contributed by atoms with Gasteiger partial charge in [0, 0.05) is 37.9 Å². The molecule has 1 aliphatic rings. The van der Waals surface area contributed by atoms with E-state index < -0.39 is 0 Å². The minimum Gasteiger partial charge on any atom is -0.497 e. The van der Waals surface area contributed by atoms with E-state index in [1.807, 2.05) is 29.2 Å². The van der Waals surface area contributed by atoms with Crippen molar-refractivity contribution in [3.63, 3.8) is 0 Å². The lowest BCUT2D eigenvalue weighted by molar-refractivity contribution is 0.191. The van der Waals surface area contributed by atoms with Gasteiger partial charge in [-0.3, -0.25) is 0 Å². The number of aryl methyl sites for hydroxylation is 1. The maximum atomic E-state index is 12.4. The van der Waals surface area contributed by atoms with Gasteiger partial charge in [0.25, 0.3) is 0 Å². The smallest absolute Gasteiger partial charge is 0.317 e. The van der Waals surface area contributed by atoms with E-state index in [1.54, 1.807) is 7.11 Å². The number of urea groups is 1. The highest BCUT2D eigenvalue weighted by molar-refractivity contribution is 5.74. The summed E-state index contributed by atoms with van der Waals surface area (Å²) < 4.78 is 10.8. The molecule has 2 aromatic rings. The number of ether oxygens (including phenoxy) is 2. The predicted molar refractivity (Wildman–Crippen MR) is 112 cm³/mol. The molecule has 1 heterocycles. The molecule has 0 unspecified atom stereocenters. The Bertz CT molecular complexity index is 801. The number of benzene rings is 2. The zero-order valence-corrected chi connectivity index (χ0v) is 16.9. The van der Waals surface area contributed by atoms with E-state index in [0.717, 1.165) is 37.7 Å². The lowest BCUT2D eigenvalue weighted by Crippen LogP contribution is -2.52. The van der Waals surface area contributed by atoms with Gasteiger partial charge in [0.1, 0.15) is 18.1 Å². The molecule has 0 aromatic heterocycles. The predicted octanol–water partition coefficient (Wildman–Crippen LogP) is 3.22. The molecule has 6 nitrogen and oxygen atoms in total. The summed E-state index contributed by atoms with van der Waals surface area (Å²) >= 11 is 0. The maximum absolute atomic E-state index is 12.4. The van der Waals surface area contributed by atoms with Crippen LogP contribution < -0.4 is 19.7 Å². The lowest BCUT2D eigenvalue weighted by Gasteiger charge is -2.37. The number of nitrogens with one attached hydrogen (secondary N) is 1. The number of amides is 2. The highest BCUT2D eigenvalue weighted by Gasteiger charge is 2.22. The first kappa shape index (κ1) is 19.9. The summed E-state index contributed by atoms with van der Waals surface area (Å²) in [6, 6.07) is 13.8. The first-order valence-corrected chi connectivity index (χ1v) is 9.69. The van der Waals surface area contributed by atoms with Crippen LogP contribution in [0.15, 0.2) is 42.5 Å². The molecule has 3 rings (SSSR count). The number of piperazine rings is 1. The third-order valence-electron chi connectivity index (χ3n) is 5.17. The van der Waals surface area contributed by atoms with Crippen LogP contribution in [-0.4, -0.2) is 57.4 Å². The van der Waals surface area contributed by atoms with Gasteiger partial charge < -0.3 is 24.6 Å². The molecule has 1 fully saturated rings. The van der Waals surface area contributed by atoms with Crippen molar-refractivity contribution in [1.29, 1.82) is 0 Å². The first-order valence-electron chi connectivity index (χ1n) is 9.69. The van der Waals surface area contributed by atoms with Crippen molar-refractivity contribution < 1.29 is 14.3 Å². The SMILES string of the molecule is COc1cccc(OCCNC(=O)N2CCN(c3cccc(C)c3C)CC2)c1. The Morgan fingerprint density at radius 2 is 1.75 bits per heavy atom. The molecule has 0 bridgehead atoms. The van der Waals surface area contributed by atoms with Crippen LogP contribution in [-0.2, 0) is 0 Å². The Labute approximate surface area is 167 Å². The normalized spacial score (nSPS) is 14.0. The van der Waals surface area contributed by atoms with E-state index in [-0.39, 0.29) is 6.03 Å². The topological polar surface area (TPSA) is 54.0 Å². The Morgan fingerprint density at radius 1 is 1.04 bits per heavy atom. The Kier molecular flexibility index (Phi) is 6.63. The molecule has 2 aromatic carbocycles. The highest BCUT2D eigenvalue weighted by Crippen LogP contribution is 2.24. The molecule has 6 heteroatoms. The Balaban J connectivity index is 1.41. The van der Waals surface area contributed by atoms with Gasteiger partial charge in [-0.25, -0.2) is 4.79 Å². The number of carbonyl (C=O) groups excluding carboxylic acids is 1. The second-order valence-corrected chi connectivity index (χ2v) is 6.95. The molecule has 0 saturated carbocycles. The van der Waals surface area contributed by atoms with Crippen molar-refractivity contribution in [2.45, 2.75) is 13.8 Å². The van der Waals surface area contributed by atoms with Crippen LogP contribution in [0.1, 0.15) is 11.1 Å². The van der Waals surface area contributed by atoms with Crippen LogP contribution in [0.25, 0.3) is 0 Å². The first-order chi connectivity index (χ1) is 13.6. The lowest BCUT2D eigenvalue weighted by atomic mass is 10.1. The highest BCUT2D eigenvalue weighted by atomic mass is 16.5. The maximum Gasteiger partial charge on any atom is 0.317 e. The molecule has 1 N–H and O–H groups in total. The zero-order chi connectivity index (χ0) is 19.9. The zero-order valence-electron chi connectivity index (χ0n) is 16.9. The van der Waals surface area contributed by atoms with Crippen molar-refractivity contribution in [2.75, 3.05) is 51.3 Å². The average molecular weight is 383 g/mol. The van der Waals surface area contributed by atoms with E-state index in [0.29, 0.717) is 13.2 Å². The summed E-state index contributed by atoms with van der Waals surface area (Å²) in [5.41, 5.74) is 3.88. The van der Waals surface area contributed by atoms with Gasteiger partial charge >= 0.3 is 6.03 Å². The van der Waals surface area contributed by atoms with Gasteiger partial charge in [-0.05, 0) is 43.2 Å². The molecule has 0 spiro atoms. The van der Waals surface area contributed by atoms with Gasteiger partial charge in [0.2, 0.25) is 0 Å². The van der Waals surface area contributed by atoms with Crippen molar-refractivity contribution in [3.05, 3.63) is 53.6 Å². The van der Waals surface area contributed by atoms with Gasteiger partial charge in [-0.1, -0.05) is 18.2 Å². The summed E-state index contributed by atoms with van der Waals surface area (Å²) in [6.45, 7) is 8.30. The van der Waals surface area contributed by atoms with Gasteiger partial charge in [0.05, 0.1) is 13.7 Å². The quantitative estimate of drug-likeness (QED) is 0.778. The van der Waals surface area contributed by atoms with E-state index in [9.17, 15) is 4.79 Å². The van der Waals surface area contributed by atoms with E-state index >= 15 is 0 Å². The van der Waals surface area contributed by atoms with Crippen LogP contribution in [0.3, 0.4) is 0 Å². The van der Waals surface area contributed by atoms with Crippen LogP contribution >= 0.6 is 0 Å². The fraction of sp³-hybridized carbons (Fsp3) is 0.409. The average Bonchev–Trinajstić information content (AvgIpc) is 2.73. The summed E-state index contributed by atoms with van der Waals surface area (Å²) in [6.07, 6.45) is 0. The van der Waals surface area contributed by atoms with Crippen LogP contribution in [0.5, 0.6) is 11.5 Å². The molecule has 0 aliphatic carbocycles. The third-order valence-corrected chi connectivity index (χ3v) is 5.17. The molecular weight excluding hydrogens is 354 g/mol. The second kappa shape index (κ2) is 9.35. The van der Waals surface area contributed by atoms with Crippen molar-refractivity contribution >= 4 is 11.7 Å². The summed E-state index contributed by atoms with van der Waals surface area (Å²) in [5, 5.41) is 2.94. The number of hydrogen-bond acceptors (Lipinski definition) is 4. The molecule has 0 radical (unpaired) electrons. The van der Waals surface area contributed by atoms with Gasteiger partial charge in [-0.15, -0.1) is 0 Å². The van der Waals surface area contributed by atoms with Gasteiger partial charge in [0.15, 0.2) is 0 Å². The van der Waals surface area contributed by atoms with Crippen molar-refractivity contribution in [1.82, 2.24) is 10.2 Å². The monoisotopic (exact) mass is 383 g/mol. The fourth-order valence-electron chi connectivity index (χ4n) is 3.36. The number of hydrogen-bond donors (Lipinski definition) is 1. The van der Waals surface area contributed by atoms with Crippen LogP contribution in [0.4, 0.5) is 10.5 Å². The third kappa shape index (κ3) is 4.88. The minimum absolute atomic E-state index is 0.0325. The Hall–Kier alpha value is -2.89. The number of methoxy groups -OCH3 is 1. The molecule has 0 atom stereocenters. The summed E-state index contributed by atoms with van der Waals surface area (Å²) in [4.78, 5) is 16.6. The molecule has 2 amide bonds. The molecule has 1 aliphatic heterocycles. The van der Waals surface area contributed by atoms with Crippen LogP contribution in [0.2, 0.25) is 0 Å². The van der Waals surface area contributed by atoms with E-state index in [2.05, 4.69) is 42.3 Å². The second-order valence-electron chi connectivity index (χ2n) is 6.95.